The Morgan fingerprint density at radius 3 is 2.75 bits per heavy atom. The fourth-order valence-electron chi connectivity index (χ4n) is 3.09. The predicted molar refractivity (Wildman–Crippen MR) is 112 cm³/mol. The normalized spacial score (nSPS) is 62.1. The Morgan fingerprint density at radius 1 is 1.29 bits per heavy atom. The number of hydrogen-bond acceptors (Lipinski definition) is 3. The van der Waals surface area contributed by atoms with Gasteiger partial charge in [-0.3, -0.25) is 13.9 Å². The van der Waals surface area contributed by atoms with Crippen molar-refractivity contribution in [3.8, 4) is 0 Å². The van der Waals surface area contributed by atoms with E-state index in [1.807, 2.05) is 0 Å². The number of hydrogen-bond donors (Lipinski definition) is 1. The van der Waals surface area contributed by atoms with E-state index in [-0.39, 0.29) is 4.57 Å². The molecular weight excluding hydrogens is 352 g/mol. The number of aromatic amines is 1. The van der Waals surface area contributed by atoms with Gasteiger partial charge in [-0.25, -0.2) is 9.78 Å². The lowest BCUT2D eigenvalue weighted by molar-refractivity contribution is 0.0863. The number of aromatic nitrogens is 4. The largest absolute Gasteiger partial charge is 0.336 e. The molecule has 4 rings (SSSR count). The zero-order valence-electron chi connectivity index (χ0n) is 39.6. The summed E-state index contributed by atoms with van der Waals surface area (Å²) in [7, 11) is 0. The second kappa shape index (κ2) is 7.20. The van der Waals surface area contributed by atoms with Crippen LogP contribution in [0.15, 0.2) is 9.59 Å². The first-order valence-corrected chi connectivity index (χ1v) is 8.18. The second-order valence-corrected chi connectivity index (χ2v) is 6.26. The van der Waals surface area contributed by atoms with Gasteiger partial charge in [0, 0.05) is 50.0 Å². The van der Waals surface area contributed by atoms with Crippen LogP contribution in [0, 0.1) is 17.7 Å². The molecular formula is C22H34N4O2. The topological polar surface area (TPSA) is 72.7 Å². The molecule has 2 fully saturated rings. The van der Waals surface area contributed by atoms with Crippen LogP contribution in [0.25, 0.3) is 11.2 Å². The van der Waals surface area contributed by atoms with Crippen molar-refractivity contribution >= 4 is 11.2 Å². The monoisotopic (exact) mass is 411 g/mol. The van der Waals surface area contributed by atoms with Gasteiger partial charge in [0.25, 0.3) is 5.56 Å². The van der Waals surface area contributed by atoms with Crippen LogP contribution >= 0.6 is 0 Å². The average molecular weight is 412 g/mol. The van der Waals surface area contributed by atoms with Crippen molar-refractivity contribution in [1.82, 2.24) is 19.1 Å². The molecule has 0 amide bonds. The van der Waals surface area contributed by atoms with E-state index < -0.39 is 134 Å². The molecule has 6 heteroatoms. The molecule has 6 nitrogen and oxygen atoms in total. The maximum absolute atomic E-state index is 13.9. The molecule has 2 aliphatic rings. The molecule has 0 aliphatic heterocycles. The molecule has 2 saturated carbocycles. The van der Waals surface area contributed by atoms with Gasteiger partial charge in [-0.1, -0.05) is 27.5 Å². The minimum Gasteiger partial charge on any atom is -0.336 e. The van der Waals surface area contributed by atoms with Crippen LogP contribution in [0.3, 0.4) is 0 Å². The molecule has 0 aromatic carbocycles. The van der Waals surface area contributed by atoms with Gasteiger partial charge in [0.15, 0.2) is 5.65 Å². The van der Waals surface area contributed by atoms with Crippen molar-refractivity contribution < 1.29 is 34.3 Å². The minimum absolute atomic E-state index is 0.235. The van der Waals surface area contributed by atoms with Crippen LogP contribution in [0.1, 0.15) is 112 Å². The highest BCUT2D eigenvalue weighted by molar-refractivity contribution is 5.70. The van der Waals surface area contributed by atoms with Crippen LogP contribution in [-0.2, 0) is 18.5 Å². The number of fused-ring (bicyclic) bond motifs is 3. The maximum Gasteiger partial charge on any atom is 0.332 e. The Balaban J connectivity index is 2.27. The van der Waals surface area contributed by atoms with Crippen LogP contribution in [0.2, 0.25) is 0 Å². The van der Waals surface area contributed by atoms with Crippen molar-refractivity contribution in [2.45, 2.75) is 90.6 Å². The summed E-state index contributed by atoms with van der Waals surface area (Å²) in [5.41, 5.74) is -9.56. The van der Waals surface area contributed by atoms with Crippen LogP contribution in [0.5, 0.6) is 0 Å². The van der Waals surface area contributed by atoms with Gasteiger partial charge in [-0.2, -0.15) is 0 Å². The molecule has 28 heavy (non-hydrogen) atoms. The first-order valence-electron chi connectivity index (χ1n) is 20.8. The first kappa shape index (κ1) is 5.64. The van der Waals surface area contributed by atoms with E-state index in [2.05, 4.69) is 9.97 Å². The Labute approximate surface area is 201 Å². The number of rotatable bonds is 5. The molecule has 0 saturated heterocycles. The second-order valence-electron chi connectivity index (χ2n) is 6.26. The lowest BCUT2D eigenvalue weighted by Gasteiger charge is -2.46. The third-order valence-corrected chi connectivity index (χ3v) is 4.28. The zero-order chi connectivity index (χ0) is 41.9. The van der Waals surface area contributed by atoms with E-state index in [1.165, 1.54) is 0 Å². The number of imidazole rings is 1. The fraction of sp³-hybridized carbons (Fsp3) is 0.773. The standard InChI is InChI=1S/C22H34N4O2/c1-5-7-25-18-17(19(27)26(8-6-2)21(25)28)23-20(24-18)22(4)12-15-9-14(3)10-16(11-15)13-22/h14-16H,5-13H2,1-4H3,(H,23,24)/i1D3,2D3,3D2,6D2,8D2,9D2,10D2,11D2,12D2,13D2,14D,15D,16D. The Hall–Kier alpha value is -1.85. The van der Waals surface area contributed by atoms with E-state index >= 15 is 0 Å². The molecule has 2 bridgehead atoms. The Kier molecular flexibility index (Phi) is 1.45. The van der Waals surface area contributed by atoms with E-state index in [0.717, 1.165) is 0 Å². The predicted octanol–water partition coefficient (Wildman–Crippen LogP) is 3.81. The van der Waals surface area contributed by atoms with Crippen molar-refractivity contribution in [2.24, 2.45) is 17.7 Å². The molecule has 2 heterocycles. The maximum atomic E-state index is 13.9. The number of aryl methyl sites for hydroxylation is 1. The number of nitrogens with one attached hydrogen (secondary N) is 1. The molecule has 154 valence electrons. The molecule has 2 aromatic heterocycles. The highest BCUT2D eigenvalue weighted by atomic mass is 16.2. The van der Waals surface area contributed by atoms with Crippen molar-refractivity contribution in [2.75, 3.05) is 0 Å². The molecule has 0 radical (unpaired) electrons. The quantitative estimate of drug-likeness (QED) is 0.813. The lowest BCUT2D eigenvalue weighted by atomic mass is 9.59. The van der Waals surface area contributed by atoms with E-state index in [9.17, 15) is 12.3 Å². The first-order chi connectivity index (χ1) is 23.1. The number of nitrogens with zero attached hydrogens (tertiary/aromatic N) is 3. The van der Waals surface area contributed by atoms with Crippen LogP contribution in [0.4, 0.5) is 0 Å². The summed E-state index contributed by atoms with van der Waals surface area (Å²) >= 11 is 0. The van der Waals surface area contributed by atoms with E-state index in [1.54, 1.807) is 0 Å². The highest BCUT2D eigenvalue weighted by Gasteiger charge is 2.43. The van der Waals surface area contributed by atoms with Gasteiger partial charge in [0.1, 0.15) is 11.3 Å². The lowest BCUT2D eigenvalue weighted by Crippen LogP contribution is -2.40. The summed E-state index contributed by atoms with van der Waals surface area (Å²) in [6.45, 7) is -14.4. The Morgan fingerprint density at radius 2 is 2.07 bits per heavy atom. The van der Waals surface area contributed by atoms with Crippen LogP contribution < -0.4 is 11.2 Å². The highest BCUT2D eigenvalue weighted by Crippen LogP contribution is 2.50. The summed E-state index contributed by atoms with van der Waals surface area (Å²) in [6.07, 6.45) is -26.1. The van der Waals surface area contributed by atoms with Crippen molar-refractivity contribution in [3.63, 3.8) is 0 Å². The van der Waals surface area contributed by atoms with E-state index in [0.29, 0.717) is 6.92 Å². The van der Waals surface area contributed by atoms with E-state index in [4.69, 9.17) is 31.5 Å². The molecule has 2 aromatic rings. The fourth-order valence-corrected chi connectivity index (χ4v) is 3.09. The summed E-state index contributed by atoms with van der Waals surface area (Å²) in [5, 5.41) is 0. The Bertz CT molecular complexity index is 1890. The smallest absolute Gasteiger partial charge is 0.332 e. The summed E-state index contributed by atoms with van der Waals surface area (Å²) in [4.78, 5) is 33.7. The van der Waals surface area contributed by atoms with Crippen molar-refractivity contribution in [3.05, 3.63) is 26.7 Å². The summed E-state index contributed by atoms with van der Waals surface area (Å²) < 4.78 is 210. The average Bonchev–Trinajstić information content (AvgIpc) is 3.41. The third kappa shape index (κ3) is 3.15. The third-order valence-electron chi connectivity index (χ3n) is 4.28. The summed E-state index contributed by atoms with van der Waals surface area (Å²) in [6, 6.07) is 0. The zero-order valence-corrected chi connectivity index (χ0v) is 14.6. The van der Waals surface area contributed by atoms with Gasteiger partial charge in [-0.05, 0) is 62.3 Å². The van der Waals surface area contributed by atoms with Crippen molar-refractivity contribution in [1.29, 1.82) is 0 Å². The van der Waals surface area contributed by atoms with Gasteiger partial charge in [0.2, 0.25) is 0 Å². The SMILES string of the molecule is [2H]C([2H])C1([2H])C([2H])([2H])C2([2H])C([2H])([2H])C(C)(c3nc4c([nH]3)c(=O)n(C([2H])([2H])C([2H])([2H])C([2H])([2H])[2H])c(=O)n4CCC([2H])([2H])[2H])C([2H])([2H])C([2H])(C1([2H])[2H])C2([2H])[2H]. The van der Waals surface area contributed by atoms with Gasteiger partial charge in [0.05, 0.1) is 2.74 Å². The summed E-state index contributed by atoms with van der Waals surface area (Å²) in [5.74, 6) is -13.9. The number of H-pyrrole nitrogens is 1. The molecule has 2 unspecified atom stereocenters. The molecule has 0 spiro atoms. The van der Waals surface area contributed by atoms with Gasteiger partial charge < -0.3 is 4.98 Å². The van der Waals surface area contributed by atoms with Crippen LogP contribution in [-0.4, -0.2) is 19.1 Å². The van der Waals surface area contributed by atoms with Gasteiger partial charge >= 0.3 is 5.69 Å². The minimum atomic E-state index is -4.30. The molecule has 2 atom stereocenters. The molecule has 2 aliphatic carbocycles. The molecule has 1 N–H and O–H groups in total. The van der Waals surface area contributed by atoms with Gasteiger partial charge in [-0.15, -0.1) is 0 Å².